The van der Waals surface area contributed by atoms with Gasteiger partial charge in [-0.15, -0.1) is 6.42 Å². The molecule has 1 aromatic heterocycles. The van der Waals surface area contributed by atoms with E-state index in [0.717, 1.165) is 0 Å². The normalized spacial score (nSPS) is 10.4. The molecule has 0 saturated heterocycles. The van der Waals surface area contributed by atoms with Crippen molar-refractivity contribution in [2.45, 2.75) is 19.4 Å². The fourth-order valence-electron chi connectivity index (χ4n) is 1.10. The van der Waals surface area contributed by atoms with E-state index in [1.165, 1.54) is 13.3 Å². The van der Waals surface area contributed by atoms with Crippen molar-refractivity contribution in [2.24, 2.45) is 0 Å². The zero-order valence-corrected chi connectivity index (χ0v) is 9.57. The maximum absolute atomic E-state index is 11.3. The summed E-state index contributed by atoms with van der Waals surface area (Å²) in [7, 11) is 1.33. The number of anilines is 1. The number of carbonyl (C=O) groups is 1. The number of nitrogens with zero attached hydrogens (tertiary/aromatic N) is 1. The molecule has 1 aromatic rings. The van der Waals surface area contributed by atoms with Crippen LogP contribution in [0.15, 0.2) is 18.3 Å². The van der Waals surface area contributed by atoms with E-state index >= 15 is 0 Å². The lowest BCUT2D eigenvalue weighted by Gasteiger charge is -2.20. The van der Waals surface area contributed by atoms with Crippen LogP contribution in [0.25, 0.3) is 0 Å². The Morgan fingerprint density at radius 2 is 2.31 bits per heavy atom. The lowest BCUT2D eigenvalue weighted by atomic mass is 10.1. The first-order valence-electron chi connectivity index (χ1n) is 4.79. The quantitative estimate of drug-likeness (QED) is 0.619. The molecule has 0 aliphatic rings. The van der Waals surface area contributed by atoms with E-state index in [1.807, 2.05) is 13.8 Å². The minimum Gasteiger partial charge on any atom is -0.465 e. The van der Waals surface area contributed by atoms with Crippen molar-refractivity contribution in [3.8, 4) is 12.3 Å². The van der Waals surface area contributed by atoms with Crippen LogP contribution < -0.4 is 5.32 Å². The van der Waals surface area contributed by atoms with Crippen LogP contribution in [0.5, 0.6) is 0 Å². The molecule has 1 rings (SSSR count). The molecule has 84 valence electrons. The van der Waals surface area contributed by atoms with Gasteiger partial charge in [-0.2, -0.15) is 0 Å². The van der Waals surface area contributed by atoms with Gasteiger partial charge in [0, 0.05) is 6.20 Å². The lowest BCUT2D eigenvalue weighted by Crippen LogP contribution is -2.29. The number of pyridine rings is 1. The van der Waals surface area contributed by atoms with Crippen molar-refractivity contribution >= 4 is 11.8 Å². The zero-order valence-electron chi connectivity index (χ0n) is 9.57. The molecule has 16 heavy (non-hydrogen) atoms. The van der Waals surface area contributed by atoms with Gasteiger partial charge in [0.25, 0.3) is 0 Å². The van der Waals surface area contributed by atoms with Gasteiger partial charge in [0.05, 0.1) is 18.2 Å². The molecular formula is C12H14N2O2. The zero-order chi connectivity index (χ0) is 12.2. The first-order valence-corrected chi connectivity index (χ1v) is 4.79. The second kappa shape index (κ2) is 4.67. The number of hydrogen-bond donors (Lipinski definition) is 1. The molecule has 0 bridgehead atoms. The third-order valence-electron chi connectivity index (χ3n) is 1.98. The topological polar surface area (TPSA) is 51.2 Å². The van der Waals surface area contributed by atoms with Crippen molar-refractivity contribution in [1.29, 1.82) is 0 Å². The van der Waals surface area contributed by atoms with E-state index in [0.29, 0.717) is 11.4 Å². The van der Waals surface area contributed by atoms with Crippen LogP contribution >= 0.6 is 0 Å². The minimum absolute atomic E-state index is 0.399. The molecule has 1 N–H and O–H groups in total. The lowest BCUT2D eigenvalue weighted by molar-refractivity contribution is 0.0600. The maximum atomic E-state index is 11.3. The number of carbonyl (C=O) groups excluding carboxylic acids is 1. The summed E-state index contributed by atoms with van der Waals surface area (Å²) in [5.41, 5.74) is -0.0744. The number of hydrogen-bond acceptors (Lipinski definition) is 4. The smallest absolute Gasteiger partial charge is 0.338 e. The average Bonchev–Trinajstić information content (AvgIpc) is 2.28. The highest BCUT2D eigenvalue weighted by molar-refractivity contribution is 5.90. The molecule has 0 amide bonds. The van der Waals surface area contributed by atoms with Crippen molar-refractivity contribution < 1.29 is 9.53 Å². The Morgan fingerprint density at radius 1 is 1.62 bits per heavy atom. The molecule has 0 aromatic carbocycles. The SMILES string of the molecule is C#CC(C)(C)Nc1cc(C(=O)OC)ccn1. The Morgan fingerprint density at radius 3 is 2.88 bits per heavy atom. The van der Waals surface area contributed by atoms with E-state index in [4.69, 9.17) is 6.42 Å². The molecule has 0 aliphatic heterocycles. The summed E-state index contributed by atoms with van der Waals surface area (Å²) in [6, 6.07) is 3.19. The molecular weight excluding hydrogens is 204 g/mol. The van der Waals surface area contributed by atoms with Crippen molar-refractivity contribution in [1.82, 2.24) is 4.98 Å². The molecule has 0 radical (unpaired) electrons. The van der Waals surface area contributed by atoms with Gasteiger partial charge >= 0.3 is 5.97 Å². The van der Waals surface area contributed by atoms with Gasteiger partial charge in [0.15, 0.2) is 0 Å². The number of ether oxygens (including phenoxy) is 1. The second-order valence-corrected chi connectivity index (χ2v) is 3.82. The molecule has 1 heterocycles. The number of aromatic nitrogens is 1. The van der Waals surface area contributed by atoms with Crippen molar-refractivity contribution in [3.05, 3.63) is 23.9 Å². The Labute approximate surface area is 95.0 Å². The largest absolute Gasteiger partial charge is 0.465 e. The Hall–Kier alpha value is -2.02. The fraction of sp³-hybridized carbons (Fsp3) is 0.333. The van der Waals surface area contributed by atoms with Gasteiger partial charge in [0.2, 0.25) is 0 Å². The number of methoxy groups -OCH3 is 1. The van der Waals surface area contributed by atoms with Crippen LogP contribution in [0.3, 0.4) is 0 Å². The molecule has 0 saturated carbocycles. The molecule has 4 heteroatoms. The van der Waals surface area contributed by atoms with Crippen LogP contribution in [-0.2, 0) is 4.74 Å². The van der Waals surface area contributed by atoms with E-state index < -0.39 is 11.5 Å². The van der Waals surface area contributed by atoms with E-state index in [9.17, 15) is 4.79 Å². The number of esters is 1. The maximum Gasteiger partial charge on any atom is 0.338 e. The number of rotatable bonds is 3. The minimum atomic E-state index is -0.512. The van der Waals surface area contributed by atoms with Crippen LogP contribution in [0.4, 0.5) is 5.82 Å². The molecule has 0 aliphatic carbocycles. The van der Waals surface area contributed by atoms with Gasteiger partial charge in [-0.1, -0.05) is 5.92 Å². The molecule has 0 unspecified atom stereocenters. The molecule has 0 atom stereocenters. The molecule has 4 nitrogen and oxygen atoms in total. The first kappa shape index (κ1) is 12.1. The van der Waals surface area contributed by atoms with E-state index in [-0.39, 0.29) is 0 Å². The van der Waals surface area contributed by atoms with Crippen molar-refractivity contribution in [2.75, 3.05) is 12.4 Å². The van der Waals surface area contributed by atoms with Crippen LogP contribution in [0.2, 0.25) is 0 Å². The van der Waals surface area contributed by atoms with Crippen molar-refractivity contribution in [3.63, 3.8) is 0 Å². The summed E-state index contributed by atoms with van der Waals surface area (Å²) in [6.07, 6.45) is 6.88. The van der Waals surface area contributed by atoms with Gasteiger partial charge in [-0.05, 0) is 26.0 Å². The first-order chi connectivity index (χ1) is 7.48. The summed E-state index contributed by atoms with van der Waals surface area (Å²) in [5.74, 6) is 2.73. The summed E-state index contributed by atoms with van der Waals surface area (Å²) in [5, 5.41) is 3.03. The highest BCUT2D eigenvalue weighted by Crippen LogP contribution is 2.13. The van der Waals surface area contributed by atoms with E-state index in [1.54, 1.807) is 12.1 Å². The summed E-state index contributed by atoms with van der Waals surface area (Å²) in [6.45, 7) is 3.69. The van der Waals surface area contributed by atoms with Gasteiger partial charge in [-0.25, -0.2) is 9.78 Å². The Kier molecular flexibility index (Phi) is 3.51. The molecule has 0 spiro atoms. The number of terminal acetylenes is 1. The van der Waals surface area contributed by atoms with Gasteiger partial charge in [-0.3, -0.25) is 0 Å². The standard InChI is InChI=1S/C12H14N2O2/c1-5-12(2,3)14-10-8-9(6-7-13-10)11(15)16-4/h1,6-8H,2-4H3,(H,13,14). The predicted octanol–water partition coefficient (Wildman–Crippen LogP) is 1.69. The van der Waals surface area contributed by atoms with Gasteiger partial charge in [0.1, 0.15) is 5.82 Å². The molecule has 0 fully saturated rings. The van der Waals surface area contributed by atoms with Gasteiger partial charge < -0.3 is 10.1 Å². The van der Waals surface area contributed by atoms with Crippen LogP contribution in [0.1, 0.15) is 24.2 Å². The highest BCUT2D eigenvalue weighted by atomic mass is 16.5. The monoisotopic (exact) mass is 218 g/mol. The third kappa shape index (κ3) is 2.99. The Bertz CT molecular complexity index is 433. The predicted molar refractivity (Wildman–Crippen MR) is 62.1 cm³/mol. The fourth-order valence-corrected chi connectivity index (χ4v) is 1.10. The summed E-state index contributed by atoms with van der Waals surface area (Å²) in [4.78, 5) is 15.4. The highest BCUT2D eigenvalue weighted by Gasteiger charge is 2.14. The Balaban J connectivity index is 2.92. The van der Waals surface area contributed by atoms with Crippen LogP contribution in [0, 0.1) is 12.3 Å². The number of nitrogens with one attached hydrogen (secondary N) is 1. The second-order valence-electron chi connectivity index (χ2n) is 3.82. The average molecular weight is 218 g/mol. The third-order valence-corrected chi connectivity index (χ3v) is 1.98. The summed E-state index contributed by atoms with van der Waals surface area (Å²) >= 11 is 0. The van der Waals surface area contributed by atoms with E-state index in [2.05, 4.69) is 21.0 Å². The van der Waals surface area contributed by atoms with Crippen LogP contribution in [-0.4, -0.2) is 23.6 Å². The summed E-state index contributed by atoms with van der Waals surface area (Å²) < 4.78 is 4.61.